The van der Waals surface area contributed by atoms with E-state index in [1.807, 2.05) is 6.07 Å². The molecule has 0 atom stereocenters. The van der Waals surface area contributed by atoms with Crippen LogP contribution in [0.1, 0.15) is 167 Å². The van der Waals surface area contributed by atoms with Gasteiger partial charge in [0.05, 0.1) is 6.61 Å². The lowest BCUT2D eigenvalue weighted by molar-refractivity contribution is 0.279. The number of rotatable bonds is 25. The maximum atomic E-state index is 10.7. The summed E-state index contributed by atoms with van der Waals surface area (Å²) in [5.41, 5.74) is 2.33. The van der Waals surface area contributed by atoms with Crippen LogP contribution in [0, 0.1) is 0 Å². The number of aryl methyl sites for hydroxylation is 1. The van der Waals surface area contributed by atoms with Crippen LogP contribution < -0.4 is 4.74 Å². The van der Waals surface area contributed by atoms with Crippen molar-refractivity contribution in [1.29, 1.82) is 0 Å². The summed E-state index contributed by atoms with van der Waals surface area (Å²) in [5.74, 6) is 0.481. The van der Waals surface area contributed by atoms with Crippen molar-refractivity contribution in [2.45, 2.75) is 168 Å². The van der Waals surface area contributed by atoms with E-state index in [2.05, 4.69) is 20.8 Å². The summed E-state index contributed by atoms with van der Waals surface area (Å²) in [6.45, 7) is 7.39. The van der Waals surface area contributed by atoms with E-state index in [-0.39, 0.29) is 11.5 Å². The smallest absolute Gasteiger partial charge is 0.200 e. The summed E-state index contributed by atoms with van der Waals surface area (Å²) in [5, 5.41) is 21.2. The standard InChI is InChI=1S/C33H60O3/c1-4-7-10-13-16-19-22-25-29-28-31(34)32(35)33(36-27-24-21-18-15-12-9-6-3)30(29)26-23-20-17-14-11-8-5-2/h28,34-35H,4-27H2,1-3H3. The van der Waals surface area contributed by atoms with Crippen molar-refractivity contribution in [3.63, 3.8) is 0 Å². The van der Waals surface area contributed by atoms with Crippen molar-refractivity contribution < 1.29 is 14.9 Å². The summed E-state index contributed by atoms with van der Waals surface area (Å²) >= 11 is 0. The number of unbranched alkanes of at least 4 members (excludes halogenated alkanes) is 18. The minimum Gasteiger partial charge on any atom is -0.504 e. The van der Waals surface area contributed by atoms with Crippen molar-refractivity contribution in [2.75, 3.05) is 6.61 Å². The molecule has 1 rings (SSSR count). The normalized spacial score (nSPS) is 11.3. The van der Waals surface area contributed by atoms with E-state index >= 15 is 0 Å². The van der Waals surface area contributed by atoms with Crippen LogP contribution in [-0.4, -0.2) is 16.8 Å². The molecule has 3 heteroatoms. The van der Waals surface area contributed by atoms with Crippen LogP contribution in [0.2, 0.25) is 0 Å². The summed E-state index contributed by atoms with van der Waals surface area (Å²) in [6.07, 6.45) is 28.4. The molecule has 0 spiro atoms. The van der Waals surface area contributed by atoms with Gasteiger partial charge < -0.3 is 14.9 Å². The minimum absolute atomic E-state index is 0.0224. The Morgan fingerprint density at radius 2 is 0.944 bits per heavy atom. The number of ether oxygens (including phenoxy) is 1. The summed E-state index contributed by atoms with van der Waals surface area (Å²) < 4.78 is 6.19. The van der Waals surface area contributed by atoms with Gasteiger partial charge >= 0.3 is 0 Å². The Bertz CT molecular complexity index is 640. The third-order valence-electron chi connectivity index (χ3n) is 7.50. The Balaban J connectivity index is 2.70. The fraction of sp³-hybridized carbons (Fsp3) is 0.818. The predicted octanol–water partition coefficient (Wildman–Crippen LogP) is 10.8. The summed E-state index contributed by atoms with van der Waals surface area (Å²) in [4.78, 5) is 0. The van der Waals surface area contributed by atoms with Gasteiger partial charge in [0.1, 0.15) is 0 Å². The van der Waals surface area contributed by atoms with Crippen molar-refractivity contribution in [1.82, 2.24) is 0 Å². The van der Waals surface area contributed by atoms with Crippen molar-refractivity contribution >= 4 is 0 Å². The maximum absolute atomic E-state index is 10.7. The van der Waals surface area contributed by atoms with Crippen LogP contribution in [-0.2, 0) is 12.8 Å². The fourth-order valence-electron chi connectivity index (χ4n) is 5.14. The zero-order valence-electron chi connectivity index (χ0n) is 24.4. The second-order valence-corrected chi connectivity index (χ2v) is 10.9. The van der Waals surface area contributed by atoms with Crippen LogP contribution in [0.3, 0.4) is 0 Å². The molecule has 0 amide bonds. The van der Waals surface area contributed by atoms with Gasteiger partial charge in [-0.3, -0.25) is 0 Å². The number of phenols is 2. The summed E-state index contributed by atoms with van der Waals surface area (Å²) in [7, 11) is 0. The number of hydrogen-bond acceptors (Lipinski definition) is 3. The number of benzene rings is 1. The van der Waals surface area contributed by atoms with Crippen molar-refractivity contribution in [3.05, 3.63) is 17.2 Å². The Morgan fingerprint density at radius 3 is 1.44 bits per heavy atom. The molecule has 1 aromatic carbocycles. The highest BCUT2D eigenvalue weighted by molar-refractivity contribution is 5.58. The van der Waals surface area contributed by atoms with E-state index in [1.165, 1.54) is 121 Å². The average molecular weight is 505 g/mol. The van der Waals surface area contributed by atoms with Gasteiger partial charge in [-0.15, -0.1) is 0 Å². The van der Waals surface area contributed by atoms with Crippen molar-refractivity contribution in [2.24, 2.45) is 0 Å². The average Bonchev–Trinajstić information content (AvgIpc) is 2.88. The molecule has 210 valence electrons. The highest BCUT2D eigenvalue weighted by Crippen LogP contribution is 2.42. The molecule has 36 heavy (non-hydrogen) atoms. The lowest BCUT2D eigenvalue weighted by Crippen LogP contribution is -2.05. The van der Waals surface area contributed by atoms with Crippen LogP contribution in [0.15, 0.2) is 6.07 Å². The van der Waals surface area contributed by atoms with Gasteiger partial charge in [0, 0.05) is 5.56 Å². The molecule has 0 saturated heterocycles. The van der Waals surface area contributed by atoms with Gasteiger partial charge in [-0.25, -0.2) is 0 Å². The third kappa shape index (κ3) is 15.0. The molecular weight excluding hydrogens is 444 g/mol. The number of hydrogen-bond donors (Lipinski definition) is 2. The first-order valence-corrected chi connectivity index (χ1v) is 15.8. The molecule has 0 aliphatic carbocycles. The molecule has 0 heterocycles. The zero-order chi connectivity index (χ0) is 26.3. The van der Waals surface area contributed by atoms with E-state index in [0.29, 0.717) is 12.4 Å². The Hall–Kier alpha value is -1.38. The van der Waals surface area contributed by atoms with Crippen LogP contribution in [0.4, 0.5) is 0 Å². The Labute approximate surface area is 224 Å². The summed E-state index contributed by atoms with van der Waals surface area (Å²) in [6, 6.07) is 1.81. The molecule has 0 fully saturated rings. The topological polar surface area (TPSA) is 49.7 Å². The first-order valence-electron chi connectivity index (χ1n) is 15.8. The highest BCUT2D eigenvalue weighted by atomic mass is 16.5. The molecule has 0 aliphatic heterocycles. The van der Waals surface area contributed by atoms with Crippen molar-refractivity contribution in [3.8, 4) is 17.2 Å². The monoisotopic (exact) mass is 504 g/mol. The van der Waals surface area contributed by atoms with Crippen LogP contribution in [0.25, 0.3) is 0 Å². The van der Waals surface area contributed by atoms with Crippen LogP contribution >= 0.6 is 0 Å². The van der Waals surface area contributed by atoms with Gasteiger partial charge in [-0.05, 0) is 43.7 Å². The van der Waals surface area contributed by atoms with Gasteiger partial charge in [0.15, 0.2) is 11.5 Å². The predicted molar refractivity (Wildman–Crippen MR) is 157 cm³/mol. The van der Waals surface area contributed by atoms with E-state index in [1.54, 1.807) is 0 Å². The van der Waals surface area contributed by atoms with E-state index in [0.717, 1.165) is 37.7 Å². The zero-order valence-corrected chi connectivity index (χ0v) is 24.4. The molecule has 0 aromatic heterocycles. The fourth-order valence-corrected chi connectivity index (χ4v) is 5.14. The number of phenolic OH excluding ortho intramolecular Hbond substituents is 2. The molecule has 0 radical (unpaired) electrons. The van der Waals surface area contributed by atoms with E-state index < -0.39 is 0 Å². The minimum atomic E-state index is -0.0563. The molecule has 0 aliphatic rings. The second kappa shape index (κ2) is 22.8. The van der Waals surface area contributed by atoms with E-state index in [4.69, 9.17) is 4.74 Å². The van der Waals surface area contributed by atoms with Gasteiger partial charge in [0.25, 0.3) is 0 Å². The SMILES string of the molecule is CCCCCCCCCOc1c(O)c(O)cc(CCCCCCCCC)c1CCCCCCCCC. The van der Waals surface area contributed by atoms with Gasteiger partial charge in [-0.1, -0.05) is 136 Å². The highest BCUT2D eigenvalue weighted by Gasteiger charge is 2.19. The molecule has 3 nitrogen and oxygen atoms in total. The Kier molecular flexibility index (Phi) is 20.7. The largest absolute Gasteiger partial charge is 0.504 e. The molecule has 0 unspecified atom stereocenters. The van der Waals surface area contributed by atoms with Gasteiger partial charge in [0.2, 0.25) is 5.75 Å². The molecule has 0 bridgehead atoms. The number of aromatic hydroxyl groups is 2. The quantitative estimate of drug-likeness (QED) is 0.103. The van der Waals surface area contributed by atoms with Crippen LogP contribution in [0.5, 0.6) is 17.2 Å². The maximum Gasteiger partial charge on any atom is 0.200 e. The lowest BCUT2D eigenvalue weighted by Gasteiger charge is -2.18. The molecule has 0 saturated carbocycles. The first-order chi connectivity index (χ1) is 17.7. The second-order valence-electron chi connectivity index (χ2n) is 10.9. The van der Waals surface area contributed by atoms with E-state index in [9.17, 15) is 10.2 Å². The lowest BCUT2D eigenvalue weighted by atomic mass is 9.94. The molecular formula is C33H60O3. The van der Waals surface area contributed by atoms with Gasteiger partial charge in [-0.2, -0.15) is 0 Å². The Morgan fingerprint density at radius 1 is 0.528 bits per heavy atom. The molecule has 2 N–H and O–H groups in total. The first kappa shape index (κ1) is 32.6. The third-order valence-corrected chi connectivity index (χ3v) is 7.50. The molecule has 1 aromatic rings.